The summed E-state index contributed by atoms with van der Waals surface area (Å²) in [6, 6.07) is 0. The smallest absolute Gasteiger partial charge is 0.268 e. The van der Waals surface area contributed by atoms with E-state index in [0.717, 1.165) is 16.2 Å². The number of carbonyl (C=O) groups excluding carboxylic acids is 1. The molecule has 1 heterocycles. The molecule has 1 aliphatic rings. The van der Waals surface area contributed by atoms with E-state index in [1.54, 1.807) is 0 Å². The summed E-state index contributed by atoms with van der Waals surface area (Å²) in [6.45, 7) is 3.76. The number of allylic oxidation sites excluding steroid dienone is 1. The van der Waals surface area contributed by atoms with E-state index in [2.05, 4.69) is 12.6 Å². The van der Waals surface area contributed by atoms with Crippen LogP contribution in [0.25, 0.3) is 0 Å². The third-order valence-electron chi connectivity index (χ3n) is 1.53. The summed E-state index contributed by atoms with van der Waals surface area (Å²) in [4.78, 5) is 10.9. The molecule has 1 aliphatic heterocycles. The van der Waals surface area contributed by atoms with Crippen molar-refractivity contribution in [2.45, 2.75) is 19.2 Å². The van der Waals surface area contributed by atoms with Crippen molar-refractivity contribution < 1.29 is 4.79 Å². The molecule has 1 atom stereocenters. The van der Waals surface area contributed by atoms with Gasteiger partial charge in [0.2, 0.25) is 0 Å². The topological polar surface area (TPSA) is 46.3 Å². The number of hydrazine groups is 1. The van der Waals surface area contributed by atoms with Crippen LogP contribution in [-0.2, 0) is 4.79 Å². The maximum atomic E-state index is 10.9. The van der Waals surface area contributed by atoms with Crippen LogP contribution in [0, 0.1) is 0 Å². The van der Waals surface area contributed by atoms with Crippen LogP contribution in [0.1, 0.15) is 13.8 Å². The molecule has 0 spiro atoms. The van der Waals surface area contributed by atoms with Crippen molar-refractivity contribution in [2.75, 3.05) is 0 Å². The van der Waals surface area contributed by atoms with Crippen molar-refractivity contribution in [1.29, 1.82) is 0 Å². The zero-order chi connectivity index (χ0) is 7.89. The Balaban J connectivity index is 2.87. The molecular weight excluding hydrogens is 148 g/mol. The Hall–Kier alpha value is -0.480. The molecule has 0 radical (unpaired) electrons. The van der Waals surface area contributed by atoms with Gasteiger partial charge in [-0.05, 0) is 13.8 Å². The maximum Gasteiger partial charge on any atom is 0.268 e. The molecule has 56 valence electrons. The van der Waals surface area contributed by atoms with Gasteiger partial charge in [-0.1, -0.05) is 5.57 Å². The van der Waals surface area contributed by atoms with Gasteiger partial charge in [0.25, 0.3) is 5.91 Å². The van der Waals surface area contributed by atoms with E-state index in [-0.39, 0.29) is 11.3 Å². The van der Waals surface area contributed by atoms with Crippen molar-refractivity contribution in [1.82, 2.24) is 5.01 Å². The Morgan fingerprint density at radius 1 is 1.70 bits per heavy atom. The van der Waals surface area contributed by atoms with Crippen molar-refractivity contribution in [3.05, 3.63) is 11.1 Å². The quantitative estimate of drug-likeness (QED) is 0.175. The minimum atomic E-state index is -0.197. The van der Waals surface area contributed by atoms with Crippen LogP contribution in [0.3, 0.4) is 0 Å². The molecule has 1 saturated heterocycles. The van der Waals surface area contributed by atoms with Crippen molar-refractivity contribution >= 4 is 18.5 Å². The van der Waals surface area contributed by atoms with Gasteiger partial charge < -0.3 is 0 Å². The first-order valence-corrected chi connectivity index (χ1v) is 3.51. The monoisotopic (exact) mass is 158 g/mol. The zero-order valence-corrected chi connectivity index (χ0v) is 6.85. The Morgan fingerprint density at radius 3 is 2.40 bits per heavy atom. The molecule has 0 aromatic rings. The summed E-state index contributed by atoms with van der Waals surface area (Å²) in [5.41, 5.74) is 1.72. The highest BCUT2D eigenvalue weighted by Gasteiger charge is 2.38. The molecule has 0 aliphatic carbocycles. The Bertz CT molecular complexity index is 208. The first-order valence-electron chi connectivity index (χ1n) is 2.99. The molecule has 0 aromatic carbocycles. The molecule has 1 amide bonds. The first-order chi connectivity index (χ1) is 4.55. The summed E-state index contributed by atoms with van der Waals surface area (Å²) in [7, 11) is 0. The predicted octanol–water partition coefficient (Wildman–Crippen LogP) is 0.295. The van der Waals surface area contributed by atoms with Crippen molar-refractivity contribution in [3.63, 3.8) is 0 Å². The van der Waals surface area contributed by atoms with E-state index in [1.165, 1.54) is 0 Å². The number of nitrogens with zero attached hydrogens (tertiary/aromatic N) is 1. The van der Waals surface area contributed by atoms with E-state index in [4.69, 9.17) is 5.84 Å². The Morgan fingerprint density at radius 2 is 2.20 bits per heavy atom. The second kappa shape index (κ2) is 2.29. The van der Waals surface area contributed by atoms with Crippen molar-refractivity contribution in [2.24, 2.45) is 5.84 Å². The normalized spacial score (nSPS) is 24.8. The lowest BCUT2D eigenvalue weighted by molar-refractivity contribution is -0.134. The molecular formula is C6H10N2OS. The van der Waals surface area contributed by atoms with Gasteiger partial charge in [0.05, 0.1) is 5.57 Å². The summed E-state index contributed by atoms with van der Waals surface area (Å²) in [5, 5.41) is 0.920. The van der Waals surface area contributed by atoms with Gasteiger partial charge in [-0.3, -0.25) is 9.80 Å². The lowest BCUT2D eigenvalue weighted by Crippen LogP contribution is -2.56. The minimum absolute atomic E-state index is 0.111. The van der Waals surface area contributed by atoms with E-state index < -0.39 is 0 Å². The van der Waals surface area contributed by atoms with Gasteiger partial charge in [-0.25, -0.2) is 5.84 Å². The summed E-state index contributed by atoms with van der Waals surface area (Å²) >= 11 is 4.10. The fourth-order valence-electron chi connectivity index (χ4n) is 0.906. The average Bonchev–Trinajstić information content (AvgIpc) is 1.87. The average molecular weight is 158 g/mol. The number of amides is 1. The number of hydrogen-bond donors (Lipinski definition) is 2. The standard InChI is InChI=1S/C6H10N2OS/c1-3(2)4-5(9)8(7)6(4)10/h6,10H,7H2,1-2H3. The van der Waals surface area contributed by atoms with E-state index in [0.29, 0.717) is 0 Å². The summed E-state index contributed by atoms with van der Waals surface area (Å²) < 4.78 is 0. The minimum Gasteiger partial charge on any atom is -0.268 e. The Kier molecular flexibility index (Phi) is 1.74. The predicted molar refractivity (Wildman–Crippen MR) is 42.2 cm³/mol. The molecule has 1 fully saturated rings. The van der Waals surface area contributed by atoms with Gasteiger partial charge in [0.1, 0.15) is 5.37 Å². The third-order valence-corrected chi connectivity index (χ3v) is 2.03. The molecule has 1 unspecified atom stereocenters. The molecule has 3 nitrogen and oxygen atoms in total. The Labute approximate surface area is 65.3 Å². The van der Waals surface area contributed by atoms with Crippen LogP contribution in [-0.4, -0.2) is 16.3 Å². The second-order valence-electron chi connectivity index (χ2n) is 2.50. The molecule has 1 rings (SSSR count). The fourth-order valence-corrected chi connectivity index (χ4v) is 1.38. The molecule has 2 N–H and O–H groups in total. The molecule has 0 saturated carbocycles. The fraction of sp³-hybridized carbons (Fsp3) is 0.500. The van der Waals surface area contributed by atoms with Gasteiger partial charge >= 0.3 is 0 Å². The highest BCUT2D eigenvalue weighted by molar-refractivity contribution is 7.81. The largest absolute Gasteiger partial charge is 0.268 e. The van der Waals surface area contributed by atoms with Gasteiger partial charge in [0.15, 0.2) is 0 Å². The van der Waals surface area contributed by atoms with Crippen molar-refractivity contribution in [3.8, 4) is 0 Å². The van der Waals surface area contributed by atoms with Gasteiger partial charge in [0, 0.05) is 0 Å². The number of carbonyl (C=O) groups is 1. The van der Waals surface area contributed by atoms with Crippen LogP contribution in [0.15, 0.2) is 11.1 Å². The maximum absolute atomic E-state index is 10.9. The summed E-state index contributed by atoms with van der Waals surface area (Å²) in [6.07, 6.45) is 0. The van der Waals surface area contributed by atoms with Crippen LogP contribution in [0.4, 0.5) is 0 Å². The van der Waals surface area contributed by atoms with E-state index in [1.807, 2.05) is 13.8 Å². The van der Waals surface area contributed by atoms with Crippen LogP contribution in [0.5, 0.6) is 0 Å². The highest BCUT2D eigenvalue weighted by Crippen LogP contribution is 2.27. The van der Waals surface area contributed by atoms with Crippen LogP contribution in [0.2, 0.25) is 0 Å². The molecule has 4 heteroatoms. The third kappa shape index (κ3) is 0.839. The van der Waals surface area contributed by atoms with Gasteiger partial charge in [-0.2, -0.15) is 0 Å². The SMILES string of the molecule is CC(C)=C1C(=O)N(N)C1S. The van der Waals surface area contributed by atoms with Crippen LogP contribution >= 0.6 is 12.6 Å². The highest BCUT2D eigenvalue weighted by atomic mass is 32.1. The second-order valence-corrected chi connectivity index (χ2v) is 2.99. The van der Waals surface area contributed by atoms with Crippen LogP contribution < -0.4 is 5.84 Å². The molecule has 0 bridgehead atoms. The lowest BCUT2D eigenvalue weighted by atomic mass is 10.0. The molecule has 0 aromatic heterocycles. The number of thiol groups is 1. The number of hydrogen-bond acceptors (Lipinski definition) is 3. The number of nitrogens with two attached hydrogens (primary N) is 1. The van der Waals surface area contributed by atoms with E-state index in [9.17, 15) is 4.79 Å². The first kappa shape index (κ1) is 7.63. The van der Waals surface area contributed by atoms with Gasteiger partial charge in [-0.15, -0.1) is 12.6 Å². The number of β-lactam (4-membered cyclic amide) rings is 1. The summed E-state index contributed by atoms with van der Waals surface area (Å²) in [5.74, 6) is 5.16. The molecule has 10 heavy (non-hydrogen) atoms. The lowest BCUT2D eigenvalue weighted by Gasteiger charge is -2.36. The zero-order valence-electron chi connectivity index (χ0n) is 5.96. The number of rotatable bonds is 0. The van der Waals surface area contributed by atoms with E-state index >= 15 is 0 Å².